The summed E-state index contributed by atoms with van der Waals surface area (Å²) in [5.41, 5.74) is 4.09. The maximum absolute atomic E-state index is 13.2. The monoisotopic (exact) mass is 626 g/mol. The number of carbonyl (C=O) groups is 1. The molecule has 0 saturated heterocycles. The van der Waals surface area contributed by atoms with E-state index in [1.807, 2.05) is 45.9 Å². The van der Waals surface area contributed by atoms with Crippen LogP contribution in [-0.2, 0) is 37.9 Å². The van der Waals surface area contributed by atoms with Gasteiger partial charge in [-0.05, 0) is 82.6 Å². The van der Waals surface area contributed by atoms with E-state index in [2.05, 4.69) is 9.44 Å². The van der Waals surface area contributed by atoms with Crippen molar-refractivity contribution in [3.8, 4) is 11.1 Å². The third kappa shape index (κ3) is 7.05. The second kappa shape index (κ2) is 12.6. The number of rotatable bonds is 10. The molecule has 3 aromatic rings. The van der Waals surface area contributed by atoms with Gasteiger partial charge in [-0.1, -0.05) is 69.1 Å². The standard InChI is InChI=1S/C28H32Cl2N2O6S2/c1-16(2)22-11-19(18-6-8-25(29)26(30)13-18)12-23(17(3)4)24(22)14-28(34)32-40(37,38)27-9-7-21(10-20(27)15-33)39(35,36)31-5/h6-13,16-17,31,33H,14-15H2,1-5H3,(H,32,34). The van der Waals surface area contributed by atoms with Crippen molar-refractivity contribution in [3.05, 3.63) is 80.8 Å². The van der Waals surface area contributed by atoms with Gasteiger partial charge in [-0.2, -0.15) is 0 Å². The minimum atomic E-state index is -4.42. The summed E-state index contributed by atoms with van der Waals surface area (Å²) in [4.78, 5) is 12.6. The van der Waals surface area contributed by atoms with E-state index in [1.165, 1.54) is 7.05 Å². The first-order valence-electron chi connectivity index (χ1n) is 12.5. The number of hydrogen-bond donors (Lipinski definition) is 3. The van der Waals surface area contributed by atoms with E-state index in [4.69, 9.17) is 23.2 Å². The summed E-state index contributed by atoms with van der Waals surface area (Å²) in [5, 5.41) is 10.6. The molecule has 3 rings (SSSR count). The van der Waals surface area contributed by atoms with E-state index in [0.717, 1.165) is 46.0 Å². The van der Waals surface area contributed by atoms with Gasteiger partial charge in [0.1, 0.15) is 0 Å². The zero-order valence-corrected chi connectivity index (χ0v) is 25.9. The third-order valence-electron chi connectivity index (χ3n) is 6.47. The molecule has 0 radical (unpaired) electrons. The number of aliphatic hydroxyl groups is 1. The molecule has 216 valence electrons. The molecule has 0 saturated carbocycles. The van der Waals surface area contributed by atoms with Crippen LogP contribution < -0.4 is 9.44 Å². The van der Waals surface area contributed by atoms with Crippen LogP contribution in [0.3, 0.4) is 0 Å². The van der Waals surface area contributed by atoms with Crippen molar-refractivity contribution >= 4 is 49.2 Å². The fourth-order valence-electron chi connectivity index (χ4n) is 4.42. The molecule has 1 amide bonds. The lowest BCUT2D eigenvalue weighted by Crippen LogP contribution is -2.33. The number of halogens is 2. The van der Waals surface area contributed by atoms with Gasteiger partial charge in [0.15, 0.2) is 0 Å². The summed E-state index contributed by atoms with van der Waals surface area (Å²) in [6.07, 6.45) is -0.206. The Hall–Kier alpha value is -2.47. The van der Waals surface area contributed by atoms with Gasteiger partial charge in [-0.25, -0.2) is 26.3 Å². The van der Waals surface area contributed by atoms with Crippen molar-refractivity contribution in [2.75, 3.05) is 7.05 Å². The minimum Gasteiger partial charge on any atom is -0.392 e. The van der Waals surface area contributed by atoms with Crippen LogP contribution in [0.2, 0.25) is 10.0 Å². The van der Waals surface area contributed by atoms with Crippen LogP contribution in [0.1, 0.15) is 61.8 Å². The molecular weight excluding hydrogens is 595 g/mol. The SMILES string of the molecule is CNS(=O)(=O)c1ccc(S(=O)(=O)NC(=O)Cc2c(C(C)C)cc(-c3ccc(Cl)c(Cl)c3)cc2C(C)C)c(CO)c1. The molecule has 0 aliphatic rings. The Bertz CT molecular complexity index is 1620. The predicted molar refractivity (Wildman–Crippen MR) is 158 cm³/mol. The number of benzene rings is 3. The van der Waals surface area contributed by atoms with Crippen molar-refractivity contribution < 1.29 is 26.7 Å². The molecule has 8 nitrogen and oxygen atoms in total. The Morgan fingerprint density at radius 2 is 1.43 bits per heavy atom. The number of sulfonamides is 2. The zero-order chi connectivity index (χ0) is 30.0. The van der Waals surface area contributed by atoms with Gasteiger partial charge in [0.2, 0.25) is 15.9 Å². The molecule has 12 heteroatoms. The van der Waals surface area contributed by atoms with Crippen LogP contribution in [0.25, 0.3) is 11.1 Å². The number of aliphatic hydroxyl groups excluding tert-OH is 1. The van der Waals surface area contributed by atoms with Crippen molar-refractivity contribution in [3.63, 3.8) is 0 Å². The molecule has 0 unspecified atom stereocenters. The lowest BCUT2D eigenvalue weighted by atomic mass is 9.84. The minimum absolute atomic E-state index is 0.0160. The molecule has 0 aromatic heterocycles. The quantitative estimate of drug-likeness (QED) is 0.278. The number of nitrogens with one attached hydrogen (secondary N) is 2. The second-order valence-corrected chi connectivity index (χ2v) is 14.3. The van der Waals surface area contributed by atoms with Crippen LogP contribution in [0.4, 0.5) is 0 Å². The smallest absolute Gasteiger partial charge is 0.264 e. The summed E-state index contributed by atoms with van der Waals surface area (Å²) < 4.78 is 54.7. The molecule has 0 aliphatic heterocycles. The molecule has 0 atom stereocenters. The van der Waals surface area contributed by atoms with Gasteiger partial charge in [-0.15, -0.1) is 0 Å². The molecule has 0 fully saturated rings. The Morgan fingerprint density at radius 3 is 1.93 bits per heavy atom. The number of carbonyl (C=O) groups excluding carboxylic acids is 1. The Labute approximate surface area is 245 Å². The van der Waals surface area contributed by atoms with Crippen LogP contribution in [0.5, 0.6) is 0 Å². The van der Waals surface area contributed by atoms with E-state index < -0.39 is 32.6 Å². The summed E-state index contributed by atoms with van der Waals surface area (Å²) in [7, 11) is -7.07. The van der Waals surface area contributed by atoms with Crippen LogP contribution in [0, 0.1) is 0 Å². The first kappa shape index (κ1) is 32.0. The van der Waals surface area contributed by atoms with Crippen molar-refractivity contribution in [1.82, 2.24) is 9.44 Å². The van der Waals surface area contributed by atoms with Crippen LogP contribution in [0.15, 0.2) is 58.3 Å². The van der Waals surface area contributed by atoms with Gasteiger partial charge >= 0.3 is 0 Å². The molecule has 0 heterocycles. The van der Waals surface area contributed by atoms with Gasteiger partial charge in [-0.3, -0.25) is 4.79 Å². The molecule has 3 N–H and O–H groups in total. The van der Waals surface area contributed by atoms with Crippen molar-refractivity contribution in [1.29, 1.82) is 0 Å². The lowest BCUT2D eigenvalue weighted by molar-refractivity contribution is -0.118. The second-order valence-electron chi connectivity index (χ2n) is 9.91. The normalized spacial score (nSPS) is 12.2. The van der Waals surface area contributed by atoms with Crippen molar-refractivity contribution in [2.24, 2.45) is 0 Å². The summed E-state index contributed by atoms with van der Waals surface area (Å²) in [5.74, 6) is -0.730. The molecule has 40 heavy (non-hydrogen) atoms. The average molecular weight is 628 g/mol. The highest BCUT2D eigenvalue weighted by atomic mass is 35.5. The fraction of sp³-hybridized carbons (Fsp3) is 0.321. The Kier molecular flexibility index (Phi) is 10.1. The van der Waals surface area contributed by atoms with E-state index in [-0.39, 0.29) is 33.6 Å². The summed E-state index contributed by atoms with van der Waals surface area (Å²) in [6, 6.07) is 12.5. The van der Waals surface area contributed by atoms with Crippen molar-refractivity contribution in [2.45, 2.75) is 62.3 Å². The molecule has 0 spiro atoms. The fourth-order valence-corrected chi connectivity index (χ4v) is 6.70. The maximum atomic E-state index is 13.2. The highest BCUT2D eigenvalue weighted by molar-refractivity contribution is 7.90. The Balaban J connectivity index is 2.01. The highest BCUT2D eigenvalue weighted by Gasteiger charge is 2.25. The lowest BCUT2D eigenvalue weighted by Gasteiger charge is -2.22. The van der Waals surface area contributed by atoms with Gasteiger partial charge in [0, 0.05) is 0 Å². The first-order chi connectivity index (χ1) is 18.6. The van der Waals surface area contributed by atoms with Gasteiger partial charge in [0.25, 0.3) is 10.0 Å². The van der Waals surface area contributed by atoms with Gasteiger partial charge < -0.3 is 5.11 Å². The van der Waals surface area contributed by atoms with E-state index in [0.29, 0.717) is 10.0 Å². The molecule has 3 aromatic carbocycles. The molecule has 0 bridgehead atoms. The summed E-state index contributed by atoms with van der Waals surface area (Å²) in [6.45, 7) is 7.21. The third-order valence-corrected chi connectivity index (χ3v) is 10.1. The van der Waals surface area contributed by atoms with E-state index in [1.54, 1.807) is 12.1 Å². The maximum Gasteiger partial charge on any atom is 0.264 e. The van der Waals surface area contributed by atoms with E-state index >= 15 is 0 Å². The largest absolute Gasteiger partial charge is 0.392 e. The van der Waals surface area contributed by atoms with Crippen LogP contribution in [-0.4, -0.2) is 34.9 Å². The summed E-state index contributed by atoms with van der Waals surface area (Å²) >= 11 is 12.3. The first-order valence-corrected chi connectivity index (χ1v) is 16.2. The van der Waals surface area contributed by atoms with Gasteiger partial charge in [0.05, 0.1) is 32.9 Å². The Morgan fingerprint density at radius 1 is 0.825 bits per heavy atom. The van der Waals surface area contributed by atoms with E-state index in [9.17, 15) is 26.7 Å². The molecular formula is C28H32Cl2N2O6S2. The number of hydrogen-bond acceptors (Lipinski definition) is 6. The highest BCUT2D eigenvalue weighted by Crippen LogP contribution is 2.36. The average Bonchev–Trinajstić information content (AvgIpc) is 2.89. The zero-order valence-electron chi connectivity index (χ0n) is 22.7. The predicted octanol–water partition coefficient (Wildman–Crippen LogP) is 5.36. The number of amides is 1. The molecule has 0 aliphatic carbocycles. The topological polar surface area (TPSA) is 130 Å². The van der Waals surface area contributed by atoms with Crippen LogP contribution >= 0.6 is 23.2 Å².